The number of aliphatic hydroxyl groups is 1. The third-order valence-corrected chi connectivity index (χ3v) is 6.49. The number of amides is 1. The number of anilines is 1. The van der Waals surface area contributed by atoms with E-state index in [1.807, 2.05) is 13.2 Å². The molecule has 2 aromatic heterocycles. The molecule has 0 spiro atoms. The van der Waals surface area contributed by atoms with Gasteiger partial charge >= 0.3 is 0 Å². The van der Waals surface area contributed by atoms with Gasteiger partial charge in [0.05, 0.1) is 22.9 Å². The second kappa shape index (κ2) is 12.1. The highest BCUT2D eigenvalue weighted by Crippen LogP contribution is 2.39. The highest BCUT2D eigenvalue weighted by molar-refractivity contribution is 7.19. The number of rotatable bonds is 12. The zero-order valence-corrected chi connectivity index (χ0v) is 22.4. The summed E-state index contributed by atoms with van der Waals surface area (Å²) in [5, 5.41) is 23.7. The van der Waals surface area contributed by atoms with Gasteiger partial charge in [0, 0.05) is 55.7 Å². The maximum atomic E-state index is 14.9. The Morgan fingerprint density at radius 2 is 2.00 bits per heavy atom. The zero-order valence-electron chi connectivity index (χ0n) is 21.6. The molecule has 3 aromatic rings. The van der Waals surface area contributed by atoms with Gasteiger partial charge in [-0.2, -0.15) is 5.10 Å². The molecule has 2 heterocycles. The summed E-state index contributed by atoms with van der Waals surface area (Å²) in [6, 6.07) is 3.48. The van der Waals surface area contributed by atoms with Crippen molar-refractivity contribution in [1.29, 1.82) is 0 Å². The van der Waals surface area contributed by atoms with Crippen molar-refractivity contribution in [3.05, 3.63) is 83.1 Å². The van der Waals surface area contributed by atoms with E-state index in [4.69, 9.17) is 5.73 Å². The van der Waals surface area contributed by atoms with E-state index in [1.165, 1.54) is 26.1 Å². The summed E-state index contributed by atoms with van der Waals surface area (Å²) in [5.74, 6) is -2.03. The van der Waals surface area contributed by atoms with Crippen molar-refractivity contribution in [1.82, 2.24) is 20.4 Å². The first-order chi connectivity index (χ1) is 17.9. The monoisotopic (exact) mass is 543 g/mol. The number of carbonyl (C=O) groups is 1. The van der Waals surface area contributed by atoms with Crippen molar-refractivity contribution in [3.8, 4) is 10.4 Å². The largest absolute Gasteiger partial charge is 0.386 e. The fourth-order valence-electron chi connectivity index (χ4n) is 3.44. The Labute approximate surface area is 223 Å². The van der Waals surface area contributed by atoms with E-state index in [0.717, 1.165) is 29.0 Å². The number of nitrogens with one attached hydrogen (secondary N) is 3. The summed E-state index contributed by atoms with van der Waals surface area (Å²) in [5.41, 5.74) is 5.59. The van der Waals surface area contributed by atoms with Crippen LogP contribution in [0.5, 0.6) is 0 Å². The van der Waals surface area contributed by atoms with Gasteiger partial charge in [-0.3, -0.25) is 14.5 Å². The minimum atomic E-state index is -1.42. The first-order valence-corrected chi connectivity index (χ1v) is 12.4. The third-order valence-electron chi connectivity index (χ3n) is 5.42. The molecule has 6 N–H and O–H groups in total. The van der Waals surface area contributed by atoms with Crippen LogP contribution < -0.4 is 21.7 Å². The molecule has 0 atom stereocenters. The van der Waals surface area contributed by atoms with E-state index >= 15 is 0 Å². The smallest absolute Gasteiger partial charge is 0.251 e. The first-order valence-electron chi connectivity index (χ1n) is 11.6. The summed E-state index contributed by atoms with van der Waals surface area (Å²) in [6.45, 7) is 7.87. The van der Waals surface area contributed by atoms with Gasteiger partial charge in [0.25, 0.3) is 5.91 Å². The Kier molecular flexibility index (Phi) is 9.15. The molecule has 0 aliphatic carbocycles. The molecule has 0 bridgehead atoms. The Balaban J connectivity index is 1.75. The van der Waals surface area contributed by atoms with Crippen molar-refractivity contribution < 1.29 is 18.7 Å². The van der Waals surface area contributed by atoms with Gasteiger partial charge in [0.15, 0.2) is 0 Å². The highest BCUT2D eigenvalue weighted by Gasteiger charge is 2.24. The summed E-state index contributed by atoms with van der Waals surface area (Å²) in [7, 11) is 3.51. The number of nitrogens with two attached hydrogens (primary N) is 1. The Bertz CT molecular complexity index is 1360. The van der Waals surface area contributed by atoms with Crippen LogP contribution >= 0.6 is 11.3 Å². The topological polar surface area (TPSA) is 130 Å². The number of allylic oxidation sites excluding steroid dienone is 1. The summed E-state index contributed by atoms with van der Waals surface area (Å²) >= 11 is 0.963. The van der Waals surface area contributed by atoms with Crippen LogP contribution in [-0.4, -0.2) is 40.6 Å². The van der Waals surface area contributed by atoms with E-state index in [2.05, 4.69) is 32.6 Å². The summed E-state index contributed by atoms with van der Waals surface area (Å²) in [6.07, 6.45) is 6.84. The summed E-state index contributed by atoms with van der Waals surface area (Å²) in [4.78, 5) is 16.5. The number of primary amides is 1. The number of aliphatic imine (C=N–C) groups is 1. The van der Waals surface area contributed by atoms with Crippen LogP contribution in [0.15, 0.2) is 59.8 Å². The molecule has 0 saturated carbocycles. The number of benzene rings is 1. The van der Waals surface area contributed by atoms with Crippen LogP contribution in [0.25, 0.3) is 10.4 Å². The second-order valence-corrected chi connectivity index (χ2v) is 10.1. The van der Waals surface area contributed by atoms with E-state index < -0.39 is 23.1 Å². The van der Waals surface area contributed by atoms with Gasteiger partial charge in [0.1, 0.15) is 22.5 Å². The molecule has 0 unspecified atom stereocenters. The number of halogens is 2. The number of hydrogen-bond donors (Lipinski definition) is 5. The molecule has 9 nitrogen and oxygen atoms in total. The molecule has 1 aromatic carbocycles. The highest BCUT2D eigenvalue weighted by atomic mass is 32.1. The lowest BCUT2D eigenvalue weighted by atomic mass is 9.96. The van der Waals surface area contributed by atoms with E-state index in [1.54, 1.807) is 24.0 Å². The number of nitrogens with zero attached hydrogens (tertiary/aromatic N) is 3. The van der Waals surface area contributed by atoms with Crippen LogP contribution in [0.1, 0.15) is 35.3 Å². The van der Waals surface area contributed by atoms with Gasteiger partial charge < -0.3 is 26.8 Å². The lowest BCUT2D eigenvalue weighted by Gasteiger charge is -2.18. The fraction of sp³-hybridized carbons (Fsp3) is 0.269. The van der Waals surface area contributed by atoms with Crippen LogP contribution in [0, 0.1) is 11.6 Å². The maximum Gasteiger partial charge on any atom is 0.251 e. The molecule has 38 heavy (non-hydrogen) atoms. The van der Waals surface area contributed by atoms with Crippen molar-refractivity contribution >= 4 is 28.5 Å². The van der Waals surface area contributed by atoms with E-state index in [0.29, 0.717) is 29.6 Å². The minimum Gasteiger partial charge on any atom is -0.386 e. The summed E-state index contributed by atoms with van der Waals surface area (Å²) < 4.78 is 31.5. The van der Waals surface area contributed by atoms with Crippen molar-refractivity contribution in [2.45, 2.75) is 26.0 Å². The Morgan fingerprint density at radius 1 is 1.32 bits per heavy atom. The molecular formula is C26H31F2N7O2S. The predicted molar refractivity (Wildman–Crippen MR) is 147 cm³/mol. The average Bonchev–Trinajstić information content (AvgIpc) is 3.43. The van der Waals surface area contributed by atoms with Crippen molar-refractivity contribution in [3.63, 3.8) is 0 Å². The number of thiophene rings is 1. The lowest BCUT2D eigenvalue weighted by molar-refractivity contribution is 0.0778. The van der Waals surface area contributed by atoms with Gasteiger partial charge in [-0.1, -0.05) is 6.58 Å². The molecule has 0 fully saturated rings. The second-order valence-electron chi connectivity index (χ2n) is 9.02. The molecular weight excluding hydrogens is 512 g/mol. The maximum absolute atomic E-state index is 14.9. The van der Waals surface area contributed by atoms with Gasteiger partial charge in [-0.25, -0.2) is 8.78 Å². The van der Waals surface area contributed by atoms with Gasteiger partial charge in [-0.15, -0.1) is 11.3 Å². The number of carbonyl (C=O) groups excluding carboxylic acids is 1. The number of hydrogen-bond acceptors (Lipinski definition) is 8. The molecule has 3 rings (SSSR count). The lowest BCUT2D eigenvalue weighted by Crippen LogP contribution is -2.18. The van der Waals surface area contributed by atoms with Crippen LogP contribution in [-0.2, 0) is 19.2 Å². The van der Waals surface area contributed by atoms with Gasteiger partial charge in [0.2, 0.25) is 0 Å². The Hall–Kier alpha value is -3.87. The number of aryl methyl sites for hydroxylation is 1. The van der Waals surface area contributed by atoms with E-state index in [-0.39, 0.29) is 21.6 Å². The standard InChI is InChI=1S/C26H31F2N7O2S/c1-15(11-31-12-16-13-33-35(5)14-16)32-7-6-22(30-4)34-25-18(24(29)36)10-21(38-25)23-19(27)8-17(9-20(23)28)26(2,3)37/h6-10,13-14,30-31,34,37H,1,11-12H2,2-5H3,(H2,29,36)/b22-6+,32-7-. The fourth-order valence-corrected chi connectivity index (χ4v) is 4.56. The first kappa shape index (κ1) is 28.7. The molecule has 0 saturated heterocycles. The molecule has 0 aliphatic rings. The third kappa shape index (κ3) is 7.34. The van der Waals surface area contributed by atoms with Crippen molar-refractivity contribution in [2.75, 3.05) is 18.9 Å². The van der Waals surface area contributed by atoms with Crippen LogP contribution in [0.3, 0.4) is 0 Å². The molecule has 1 amide bonds. The number of aromatic nitrogens is 2. The van der Waals surface area contributed by atoms with Crippen molar-refractivity contribution in [2.24, 2.45) is 17.8 Å². The molecule has 0 aliphatic heterocycles. The SMILES string of the molecule is C=C(CNCc1cnn(C)c1)/N=C\C=C(/NC)Nc1sc(-c2c(F)cc(C(C)(C)O)cc2F)cc1C(N)=O. The minimum absolute atomic E-state index is 0.0671. The molecule has 12 heteroatoms. The Morgan fingerprint density at radius 3 is 2.55 bits per heavy atom. The normalized spacial score (nSPS) is 12.2. The van der Waals surface area contributed by atoms with E-state index in [9.17, 15) is 18.7 Å². The zero-order chi connectivity index (χ0) is 28.0. The molecule has 0 radical (unpaired) electrons. The van der Waals surface area contributed by atoms with Gasteiger partial charge in [-0.05, 0) is 43.7 Å². The average molecular weight is 544 g/mol. The van der Waals surface area contributed by atoms with Crippen LogP contribution in [0.4, 0.5) is 13.8 Å². The predicted octanol–water partition coefficient (Wildman–Crippen LogP) is 3.60. The van der Waals surface area contributed by atoms with Crippen LogP contribution in [0.2, 0.25) is 0 Å². The quantitative estimate of drug-likeness (QED) is 0.222. The molecule has 202 valence electrons.